The predicted octanol–water partition coefficient (Wildman–Crippen LogP) is 3.14. The fraction of sp³-hybridized carbons (Fsp3) is 0.250. The fourth-order valence-corrected chi connectivity index (χ4v) is 1.58. The van der Waals surface area contributed by atoms with Crippen LogP contribution >= 0.6 is 23.2 Å². The van der Waals surface area contributed by atoms with Crippen molar-refractivity contribution in [2.75, 3.05) is 5.73 Å². The molecular formula is C8H9Cl2N. The highest BCUT2D eigenvalue weighted by atomic mass is 35.5. The van der Waals surface area contributed by atoms with Gasteiger partial charge < -0.3 is 5.73 Å². The number of hydrogen-bond acceptors (Lipinski definition) is 1. The van der Waals surface area contributed by atoms with Crippen LogP contribution in [-0.2, 0) is 6.42 Å². The third-order valence-corrected chi connectivity index (χ3v) is 2.37. The van der Waals surface area contributed by atoms with E-state index >= 15 is 0 Å². The molecule has 1 nitrogen and oxygen atoms in total. The van der Waals surface area contributed by atoms with Crippen molar-refractivity contribution in [3.63, 3.8) is 0 Å². The molecule has 1 aromatic carbocycles. The number of benzene rings is 1. The molecule has 0 bridgehead atoms. The molecule has 0 aliphatic carbocycles. The van der Waals surface area contributed by atoms with Crippen molar-refractivity contribution in [2.24, 2.45) is 0 Å². The molecule has 0 saturated carbocycles. The largest absolute Gasteiger partial charge is 0.398 e. The monoisotopic (exact) mass is 189 g/mol. The Hall–Kier alpha value is -0.400. The van der Waals surface area contributed by atoms with E-state index < -0.39 is 0 Å². The highest BCUT2D eigenvalue weighted by Gasteiger charge is 2.05. The van der Waals surface area contributed by atoms with Crippen molar-refractivity contribution < 1.29 is 0 Å². The molecule has 11 heavy (non-hydrogen) atoms. The minimum absolute atomic E-state index is 0.583. The minimum atomic E-state index is 0.583. The van der Waals surface area contributed by atoms with Gasteiger partial charge in [-0.1, -0.05) is 30.1 Å². The van der Waals surface area contributed by atoms with Gasteiger partial charge in [0.1, 0.15) is 0 Å². The maximum Gasteiger partial charge on any atom is 0.0682 e. The third kappa shape index (κ3) is 1.60. The van der Waals surface area contributed by atoms with E-state index in [9.17, 15) is 0 Å². The normalized spacial score (nSPS) is 10.1. The lowest BCUT2D eigenvalue weighted by Gasteiger charge is -2.05. The van der Waals surface area contributed by atoms with E-state index in [1.807, 2.05) is 6.92 Å². The van der Waals surface area contributed by atoms with Crippen molar-refractivity contribution in [3.8, 4) is 0 Å². The maximum atomic E-state index is 5.89. The Balaban J connectivity index is 3.29. The zero-order valence-corrected chi connectivity index (χ0v) is 7.71. The van der Waals surface area contributed by atoms with Gasteiger partial charge in [0.15, 0.2) is 0 Å². The van der Waals surface area contributed by atoms with Gasteiger partial charge in [-0.2, -0.15) is 0 Å². The summed E-state index contributed by atoms with van der Waals surface area (Å²) in [6.45, 7) is 1.99. The number of nitrogens with two attached hydrogens (primary N) is 1. The fourth-order valence-electron chi connectivity index (χ4n) is 0.940. The summed E-state index contributed by atoms with van der Waals surface area (Å²) in [5.74, 6) is 0. The Morgan fingerprint density at radius 3 is 2.45 bits per heavy atom. The quantitative estimate of drug-likeness (QED) is 0.676. The third-order valence-electron chi connectivity index (χ3n) is 1.57. The van der Waals surface area contributed by atoms with Gasteiger partial charge in [0, 0.05) is 5.02 Å². The van der Waals surface area contributed by atoms with Gasteiger partial charge in [0.25, 0.3) is 0 Å². The van der Waals surface area contributed by atoms with Crippen LogP contribution in [0.25, 0.3) is 0 Å². The summed E-state index contributed by atoms with van der Waals surface area (Å²) >= 11 is 11.8. The average molecular weight is 190 g/mol. The lowest BCUT2D eigenvalue weighted by molar-refractivity contribution is 1.14. The summed E-state index contributed by atoms with van der Waals surface area (Å²) in [5.41, 5.74) is 7.09. The van der Waals surface area contributed by atoms with Gasteiger partial charge in [-0.05, 0) is 24.1 Å². The first-order chi connectivity index (χ1) is 5.16. The minimum Gasteiger partial charge on any atom is -0.398 e. The summed E-state index contributed by atoms with van der Waals surface area (Å²) in [7, 11) is 0. The van der Waals surface area contributed by atoms with Crippen LogP contribution in [-0.4, -0.2) is 0 Å². The zero-order chi connectivity index (χ0) is 8.43. The molecule has 0 aliphatic rings. The van der Waals surface area contributed by atoms with E-state index in [1.54, 1.807) is 12.1 Å². The number of halogens is 2. The van der Waals surface area contributed by atoms with E-state index in [4.69, 9.17) is 28.9 Å². The molecule has 0 unspecified atom stereocenters. The molecule has 60 valence electrons. The highest BCUT2D eigenvalue weighted by molar-refractivity contribution is 6.37. The van der Waals surface area contributed by atoms with E-state index in [0.29, 0.717) is 15.7 Å². The van der Waals surface area contributed by atoms with Crippen molar-refractivity contribution in [1.29, 1.82) is 0 Å². The van der Waals surface area contributed by atoms with Crippen LogP contribution in [0.15, 0.2) is 12.1 Å². The van der Waals surface area contributed by atoms with Crippen LogP contribution < -0.4 is 5.73 Å². The van der Waals surface area contributed by atoms with Crippen LogP contribution in [0.5, 0.6) is 0 Å². The maximum absolute atomic E-state index is 5.89. The average Bonchev–Trinajstić information content (AvgIpc) is 1.99. The molecule has 3 heteroatoms. The van der Waals surface area contributed by atoms with Crippen molar-refractivity contribution >= 4 is 28.9 Å². The lowest BCUT2D eigenvalue weighted by atomic mass is 10.1. The van der Waals surface area contributed by atoms with Crippen molar-refractivity contribution in [2.45, 2.75) is 13.3 Å². The predicted molar refractivity (Wildman–Crippen MR) is 50.3 cm³/mol. The molecule has 0 saturated heterocycles. The van der Waals surface area contributed by atoms with E-state index in [0.717, 1.165) is 12.0 Å². The molecule has 1 rings (SSSR count). The first-order valence-corrected chi connectivity index (χ1v) is 4.14. The van der Waals surface area contributed by atoms with Gasteiger partial charge in [0.2, 0.25) is 0 Å². The van der Waals surface area contributed by atoms with Gasteiger partial charge in [-0.25, -0.2) is 0 Å². The standard InChI is InChI=1S/C8H9Cl2N/c1-2-5-6(9)3-4-7(11)8(5)10/h3-4H,2,11H2,1H3. The molecule has 0 spiro atoms. The van der Waals surface area contributed by atoms with Crippen LogP contribution in [0.2, 0.25) is 10.0 Å². The highest BCUT2D eigenvalue weighted by Crippen LogP contribution is 2.29. The SMILES string of the molecule is CCc1c(Cl)ccc(N)c1Cl. The molecule has 0 aliphatic heterocycles. The Bertz CT molecular complexity index is 271. The zero-order valence-electron chi connectivity index (χ0n) is 6.20. The van der Waals surface area contributed by atoms with Crippen LogP contribution in [0.3, 0.4) is 0 Å². The second kappa shape index (κ2) is 3.33. The molecule has 0 aromatic heterocycles. The number of rotatable bonds is 1. The first kappa shape index (κ1) is 8.69. The number of anilines is 1. The first-order valence-electron chi connectivity index (χ1n) is 3.39. The van der Waals surface area contributed by atoms with Gasteiger partial charge >= 0.3 is 0 Å². The number of nitrogen functional groups attached to an aromatic ring is 1. The molecule has 0 radical (unpaired) electrons. The van der Waals surface area contributed by atoms with Gasteiger partial charge in [-0.3, -0.25) is 0 Å². The topological polar surface area (TPSA) is 26.0 Å². The molecule has 0 fully saturated rings. The van der Waals surface area contributed by atoms with Crippen LogP contribution in [0.1, 0.15) is 12.5 Å². The lowest BCUT2D eigenvalue weighted by Crippen LogP contribution is -1.91. The second-order valence-corrected chi connectivity index (χ2v) is 3.07. The molecular weight excluding hydrogens is 181 g/mol. The van der Waals surface area contributed by atoms with E-state index in [-0.39, 0.29) is 0 Å². The van der Waals surface area contributed by atoms with Crippen LogP contribution in [0.4, 0.5) is 5.69 Å². The number of hydrogen-bond donors (Lipinski definition) is 1. The van der Waals surface area contributed by atoms with Gasteiger partial charge in [0.05, 0.1) is 10.7 Å². The molecule has 0 atom stereocenters. The summed E-state index contributed by atoms with van der Waals surface area (Å²) in [5, 5.41) is 1.27. The molecule has 2 N–H and O–H groups in total. The van der Waals surface area contributed by atoms with Crippen molar-refractivity contribution in [3.05, 3.63) is 27.7 Å². The Labute approximate surface area is 76.1 Å². The van der Waals surface area contributed by atoms with Crippen molar-refractivity contribution in [1.82, 2.24) is 0 Å². The van der Waals surface area contributed by atoms with Crippen LogP contribution in [0, 0.1) is 0 Å². The van der Waals surface area contributed by atoms with E-state index in [2.05, 4.69) is 0 Å². The summed E-state index contributed by atoms with van der Waals surface area (Å²) in [6, 6.07) is 3.48. The van der Waals surface area contributed by atoms with E-state index in [1.165, 1.54) is 0 Å². The molecule has 0 heterocycles. The Morgan fingerprint density at radius 1 is 1.36 bits per heavy atom. The molecule has 1 aromatic rings. The van der Waals surface area contributed by atoms with Gasteiger partial charge in [-0.15, -0.1) is 0 Å². The summed E-state index contributed by atoms with van der Waals surface area (Å²) in [6.07, 6.45) is 0.808. The Morgan fingerprint density at radius 2 is 2.00 bits per heavy atom. The molecule has 0 amide bonds. The smallest absolute Gasteiger partial charge is 0.0682 e. The Kier molecular flexibility index (Phi) is 2.63. The second-order valence-electron chi connectivity index (χ2n) is 2.28. The summed E-state index contributed by atoms with van der Waals surface area (Å²) in [4.78, 5) is 0. The summed E-state index contributed by atoms with van der Waals surface area (Å²) < 4.78 is 0.